The fourth-order valence-corrected chi connectivity index (χ4v) is 5.84. The van der Waals surface area contributed by atoms with Crippen molar-refractivity contribution in [2.75, 3.05) is 5.32 Å². The Balaban J connectivity index is 1.64. The molecule has 8 heteroatoms. The van der Waals surface area contributed by atoms with Gasteiger partial charge in [-0.15, -0.1) is 0 Å². The number of benzene rings is 2. The number of phenolic OH excluding ortho intramolecular Hbond substituents is 1. The van der Waals surface area contributed by atoms with Crippen molar-refractivity contribution in [1.29, 1.82) is 0 Å². The minimum atomic E-state index is -1.31. The molecule has 0 bridgehead atoms. The van der Waals surface area contributed by atoms with E-state index in [2.05, 4.69) is 26.6 Å². The van der Waals surface area contributed by atoms with Crippen molar-refractivity contribution in [3.05, 3.63) is 58.1 Å². The molecule has 166 valence electrons. The van der Waals surface area contributed by atoms with E-state index in [0.29, 0.717) is 24.1 Å². The van der Waals surface area contributed by atoms with E-state index >= 15 is 0 Å². The number of likely N-dealkylation sites (tertiary alicyclic amines) is 1. The maximum Gasteiger partial charge on any atom is 0.250 e. The van der Waals surface area contributed by atoms with E-state index in [1.54, 1.807) is 24.3 Å². The lowest BCUT2D eigenvalue weighted by molar-refractivity contribution is -0.145. The number of fused-ring (bicyclic) bond motifs is 4. The number of phenols is 1. The molecule has 7 nitrogen and oxygen atoms in total. The average Bonchev–Trinajstić information content (AvgIpc) is 3.34. The number of nitrogens with one attached hydrogen (secondary N) is 2. The Morgan fingerprint density at radius 1 is 1.12 bits per heavy atom. The van der Waals surface area contributed by atoms with Gasteiger partial charge in [0.25, 0.3) is 0 Å². The fourth-order valence-electron chi connectivity index (χ4n) is 5.47. The van der Waals surface area contributed by atoms with Gasteiger partial charge in [0.15, 0.2) is 0 Å². The number of anilines is 1. The first-order valence-corrected chi connectivity index (χ1v) is 11.6. The molecule has 2 saturated heterocycles. The molecule has 0 unspecified atom stereocenters. The highest BCUT2D eigenvalue weighted by molar-refractivity contribution is 9.10. The zero-order valence-electron chi connectivity index (χ0n) is 17.8. The fraction of sp³-hybridized carbons (Fsp3) is 0.375. The molecule has 32 heavy (non-hydrogen) atoms. The zero-order valence-corrected chi connectivity index (χ0v) is 19.3. The summed E-state index contributed by atoms with van der Waals surface area (Å²) in [5.74, 6) is -2.13. The standard InChI is InChI=1S/C24H24BrN3O4/c1-3-12(2)28-21(30)19-18(10-13-4-7-15(29)8-5-13)27-24(20(19)22(28)31)16-11-14(25)6-9-17(16)26-23(24)32/h4-9,11-12,18-20,27,29H,3,10H2,1-2H3,(H,26,32)/t12-,18-,19-,20+,24-/m1/s1. The third-order valence-corrected chi connectivity index (χ3v) is 7.63. The number of carbonyl (C=O) groups excluding carboxylic acids is 3. The highest BCUT2D eigenvalue weighted by Crippen LogP contribution is 2.54. The molecule has 2 aromatic carbocycles. The number of hydrogen-bond donors (Lipinski definition) is 3. The molecule has 3 aliphatic heterocycles. The Morgan fingerprint density at radius 3 is 2.53 bits per heavy atom. The van der Waals surface area contributed by atoms with Crippen LogP contribution in [0.4, 0.5) is 5.69 Å². The van der Waals surface area contributed by atoms with Crippen LogP contribution in [0, 0.1) is 11.8 Å². The molecule has 2 fully saturated rings. The number of imide groups is 1. The molecule has 1 spiro atoms. The molecule has 3 heterocycles. The van der Waals surface area contributed by atoms with Crippen LogP contribution in [0.3, 0.4) is 0 Å². The summed E-state index contributed by atoms with van der Waals surface area (Å²) >= 11 is 3.48. The first-order chi connectivity index (χ1) is 15.3. The van der Waals surface area contributed by atoms with Crippen molar-refractivity contribution >= 4 is 39.3 Å². The van der Waals surface area contributed by atoms with Gasteiger partial charge in [-0.05, 0) is 55.7 Å². The third-order valence-electron chi connectivity index (χ3n) is 7.13. The highest BCUT2D eigenvalue weighted by atomic mass is 79.9. The van der Waals surface area contributed by atoms with Gasteiger partial charge in [-0.25, -0.2) is 0 Å². The van der Waals surface area contributed by atoms with E-state index in [-0.39, 0.29) is 29.5 Å². The maximum atomic E-state index is 13.7. The van der Waals surface area contributed by atoms with Gasteiger partial charge in [0, 0.05) is 27.8 Å². The normalized spacial score (nSPS) is 29.4. The predicted octanol–water partition coefficient (Wildman–Crippen LogP) is 2.92. The largest absolute Gasteiger partial charge is 0.508 e. The molecule has 5 atom stereocenters. The lowest BCUT2D eigenvalue weighted by Gasteiger charge is -2.31. The summed E-state index contributed by atoms with van der Waals surface area (Å²) in [5, 5.41) is 16.0. The summed E-state index contributed by atoms with van der Waals surface area (Å²) < 4.78 is 0.794. The molecule has 3 amide bonds. The number of aromatic hydroxyl groups is 1. The summed E-state index contributed by atoms with van der Waals surface area (Å²) in [7, 11) is 0. The smallest absolute Gasteiger partial charge is 0.250 e. The van der Waals surface area contributed by atoms with Crippen LogP contribution in [0.2, 0.25) is 0 Å². The number of amides is 3. The van der Waals surface area contributed by atoms with Gasteiger partial charge in [-0.3, -0.25) is 24.6 Å². The van der Waals surface area contributed by atoms with Crippen LogP contribution in [0.15, 0.2) is 46.9 Å². The number of nitrogens with zero attached hydrogens (tertiary/aromatic N) is 1. The van der Waals surface area contributed by atoms with Crippen LogP contribution in [0.5, 0.6) is 5.75 Å². The topological polar surface area (TPSA) is 98.7 Å². The maximum absolute atomic E-state index is 13.7. The summed E-state index contributed by atoms with van der Waals surface area (Å²) in [4.78, 5) is 42.1. The highest BCUT2D eigenvalue weighted by Gasteiger charge is 2.70. The first kappa shape index (κ1) is 21.2. The van der Waals surface area contributed by atoms with Gasteiger partial charge < -0.3 is 10.4 Å². The van der Waals surface area contributed by atoms with Gasteiger partial charge in [-0.1, -0.05) is 35.0 Å². The molecule has 3 aliphatic rings. The van der Waals surface area contributed by atoms with E-state index in [4.69, 9.17) is 0 Å². The number of carbonyl (C=O) groups is 3. The van der Waals surface area contributed by atoms with E-state index in [9.17, 15) is 19.5 Å². The minimum absolute atomic E-state index is 0.159. The monoisotopic (exact) mass is 497 g/mol. The zero-order chi connectivity index (χ0) is 22.8. The molecular weight excluding hydrogens is 474 g/mol. The van der Waals surface area contributed by atoms with Gasteiger partial charge in [-0.2, -0.15) is 0 Å². The van der Waals surface area contributed by atoms with Gasteiger partial charge in [0.2, 0.25) is 17.7 Å². The van der Waals surface area contributed by atoms with Crippen molar-refractivity contribution in [3.8, 4) is 5.75 Å². The Labute approximate surface area is 194 Å². The Kier molecular flexibility index (Phi) is 4.90. The van der Waals surface area contributed by atoms with Crippen LogP contribution < -0.4 is 10.6 Å². The lowest BCUT2D eigenvalue weighted by Crippen LogP contribution is -2.54. The third kappa shape index (κ3) is 2.85. The number of hydrogen-bond acceptors (Lipinski definition) is 5. The molecule has 0 radical (unpaired) electrons. The summed E-state index contributed by atoms with van der Waals surface area (Å²) in [6, 6.07) is 11.6. The van der Waals surface area contributed by atoms with Crippen molar-refractivity contribution in [2.45, 2.75) is 44.3 Å². The molecular formula is C24H24BrN3O4. The lowest BCUT2D eigenvalue weighted by atomic mass is 9.76. The van der Waals surface area contributed by atoms with Gasteiger partial charge in [0.1, 0.15) is 11.3 Å². The van der Waals surface area contributed by atoms with Crippen molar-refractivity contribution < 1.29 is 19.5 Å². The van der Waals surface area contributed by atoms with E-state index in [1.165, 1.54) is 4.90 Å². The average molecular weight is 498 g/mol. The Bertz CT molecular complexity index is 1130. The van der Waals surface area contributed by atoms with Gasteiger partial charge >= 0.3 is 0 Å². The quantitative estimate of drug-likeness (QED) is 0.564. The van der Waals surface area contributed by atoms with Crippen LogP contribution in [-0.4, -0.2) is 39.8 Å². The number of rotatable bonds is 4. The second-order valence-electron chi connectivity index (χ2n) is 8.88. The van der Waals surface area contributed by atoms with Crippen LogP contribution in [0.1, 0.15) is 31.4 Å². The van der Waals surface area contributed by atoms with Gasteiger partial charge in [0.05, 0.1) is 11.8 Å². The molecule has 0 aliphatic carbocycles. The van der Waals surface area contributed by atoms with Crippen LogP contribution in [-0.2, 0) is 26.3 Å². The van der Waals surface area contributed by atoms with Crippen molar-refractivity contribution in [2.24, 2.45) is 11.8 Å². The molecule has 2 aromatic rings. The number of halogens is 1. The summed E-state index contributed by atoms with van der Waals surface area (Å²) in [6.07, 6.45) is 1.10. The first-order valence-electron chi connectivity index (χ1n) is 10.8. The molecule has 0 saturated carbocycles. The van der Waals surface area contributed by atoms with Crippen molar-refractivity contribution in [1.82, 2.24) is 10.2 Å². The van der Waals surface area contributed by atoms with Crippen LogP contribution >= 0.6 is 15.9 Å². The van der Waals surface area contributed by atoms with E-state index < -0.39 is 23.4 Å². The SMILES string of the molecule is CC[C@@H](C)N1C(=O)[C@H]2[C@@H](C1=O)[C@@]1(N[C@@H]2Cc2ccc(O)cc2)C(=O)Nc2ccc(Br)cc21. The molecule has 0 aromatic heterocycles. The second kappa shape index (κ2) is 7.42. The second-order valence-corrected chi connectivity index (χ2v) is 9.80. The predicted molar refractivity (Wildman–Crippen MR) is 122 cm³/mol. The minimum Gasteiger partial charge on any atom is -0.508 e. The van der Waals surface area contributed by atoms with E-state index in [1.807, 2.05) is 32.0 Å². The van der Waals surface area contributed by atoms with E-state index in [0.717, 1.165) is 10.0 Å². The molecule has 3 N–H and O–H groups in total. The molecule has 5 rings (SSSR count). The van der Waals surface area contributed by atoms with Crippen molar-refractivity contribution in [3.63, 3.8) is 0 Å². The summed E-state index contributed by atoms with van der Waals surface area (Å²) in [6.45, 7) is 3.81. The Morgan fingerprint density at radius 2 is 1.84 bits per heavy atom. The Hall–Kier alpha value is -2.71. The van der Waals surface area contributed by atoms with Crippen LogP contribution in [0.25, 0.3) is 0 Å². The summed E-state index contributed by atoms with van der Waals surface area (Å²) in [5.41, 5.74) is 0.941.